The van der Waals surface area contributed by atoms with Crippen LogP contribution in [0.2, 0.25) is 0 Å². The lowest BCUT2D eigenvalue weighted by Gasteiger charge is -2.17. The van der Waals surface area contributed by atoms with Crippen molar-refractivity contribution < 1.29 is 9.64 Å². The monoisotopic (exact) mass is 299 g/mol. The Hall–Kier alpha value is -2.33. The van der Waals surface area contributed by atoms with Crippen molar-refractivity contribution in [3.8, 4) is 5.75 Å². The largest absolute Gasteiger partial charge is 0.497 e. The molecule has 22 heavy (non-hydrogen) atoms. The molecule has 2 aromatic rings. The van der Waals surface area contributed by atoms with E-state index in [1.807, 2.05) is 31.2 Å². The minimum Gasteiger partial charge on any atom is -0.497 e. The first-order valence-electron chi connectivity index (χ1n) is 7.35. The summed E-state index contributed by atoms with van der Waals surface area (Å²) < 4.78 is 5.22. The molecule has 116 valence electrons. The lowest BCUT2D eigenvalue weighted by Crippen LogP contribution is -3.10. The van der Waals surface area contributed by atoms with Crippen molar-refractivity contribution in [2.24, 2.45) is 0 Å². The highest BCUT2D eigenvalue weighted by molar-refractivity contribution is 5.81. The van der Waals surface area contributed by atoms with Gasteiger partial charge in [-0.2, -0.15) is 0 Å². The Balaban J connectivity index is 2.50. The van der Waals surface area contributed by atoms with Crippen molar-refractivity contribution in [3.63, 3.8) is 0 Å². The molecule has 0 amide bonds. The second-order valence-corrected chi connectivity index (χ2v) is 5.38. The molecule has 0 fully saturated rings. The van der Waals surface area contributed by atoms with E-state index in [0.29, 0.717) is 17.7 Å². The molecule has 0 aliphatic rings. The number of H-pyrrole nitrogens is 1. The highest BCUT2D eigenvalue weighted by Crippen LogP contribution is 2.17. The SMILES string of the molecule is C=CC[NH+](CC=C)Cc1c(C)[nH]c2ccc(OC)cc2c1=O. The van der Waals surface area contributed by atoms with Crippen molar-refractivity contribution in [2.45, 2.75) is 13.5 Å². The fourth-order valence-electron chi connectivity index (χ4n) is 2.66. The molecule has 0 aliphatic heterocycles. The number of rotatable bonds is 7. The van der Waals surface area contributed by atoms with Gasteiger partial charge in [0.2, 0.25) is 0 Å². The van der Waals surface area contributed by atoms with Gasteiger partial charge in [0.25, 0.3) is 0 Å². The summed E-state index contributed by atoms with van der Waals surface area (Å²) in [6.45, 7) is 11.7. The summed E-state index contributed by atoms with van der Waals surface area (Å²) in [7, 11) is 1.60. The Morgan fingerprint density at radius 3 is 2.55 bits per heavy atom. The van der Waals surface area contributed by atoms with E-state index >= 15 is 0 Å². The number of aryl methyl sites for hydroxylation is 1. The van der Waals surface area contributed by atoms with Crippen LogP contribution in [-0.2, 0) is 6.54 Å². The number of fused-ring (bicyclic) bond motifs is 1. The second kappa shape index (κ2) is 7.09. The van der Waals surface area contributed by atoms with E-state index in [2.05, 4.69) is 18.1 Å². The van der Waals surface area contributed by atoms with Crippen molar-refractivity contribution in [1.29, 1.82) is 0 Å². The Morgan fingerprint density at radius 1 is 1.27 bits per heavy atom. The first-order valence-corrected chi connectivity index (χ1v) is 7.35. The van der Waals surface area contributed by atoms with Crippen molar-refractivity contribution in [3.05, 3.63) is 65.0 Å². The molecule has 1 aromatic carbocycles. The molecule has 0 atom stereocenters. The van der Waals surface area contributed by atoms with Gasteiger partial charge >= 0.3 is 0 Å². The van der Waals surface area contributed by atoms with Crippen LogP contribution >= 0.6 is 0 Å². The fourth-order valence-corrected chi connectivity index (χ4v) is 2.66. The van der Waals surface area contributed by atoms with Gasteiger partial charge in [-0.25, -0.2) is 0 Å². The number of pyridine rings is 1. The van der Waals surface area contributed by atoms with Crippen molar-refractivity contribution in [2.75, 3.05) is 20.2 Å². The van der Waals surface area contributed by atoms with Gasteiger partial charge in [0.05, 0.1) is 25.8 Å². The maximum absolute atomic E-state index is 12.8. The average molecular weight is 299 g/mol. The summed E-state index contributed by atoms with van der Waals surface area (Å²) in [6.07, 6.45) is 3.73. The van der Waals surface area contributed by atoms with E-state index in [9.17, 15) is 4.79 Å². The molecule has 4 nitrogen and oxygen atoms in total. The van der Waals surface area contributed by atoms with Gasteiger partial charge in [0, 0.05) is 16.6 Å². The first-order chi connectivity index (χ1) is 10.6. The van der Waals surface area contributed by atoms with Gasteiger partial charge < -0.3 is 14.6 Å². The third kappa shape index (κ3) is 3.28. The topological polar surface area (TPSA) is 46.5 Å². The zero-order valence-electron chi connectivity index (χ0n) is 13.2. The van der Waals surface area contributed by atoms with Crippen LogP contribution in [0.15, 0.2) is 48.3 Å². The highest BCUT2D eigenvalue weighted by atomic mass is 16.5. The molecule has 0 aliphatic carbocycles. The predicted molar refractivity (Wildman–Crippen MR) is 90.7 cm³/mol. The predicted octanol–water partition coefficient (Wildman–Crippen LogP) is 1.60. The summed E-state index contributed by atoms with van der Waals surface area (Å²) in [4.78, 5) is 17.4. The Morgan fingerprint density at radius 2 is 1.95 bits per heavy atom. The van der Waals surface area contributed by atoms with E-state index in [0.717, 1.165) is 29.9 Å². The van der Waals surface area contributed by atoms with Crippen LogP contribution in [0.25, 0.3) is 10.9 Å². The van der Waals surface area contributed by atoms with Gasteiger partial charge in [-0.3, -0.25) is 4.79 Å². The van der Waals surface area contributed by atoms with Crippen LogP contribution in [-0.4, -0.2) is 25.2 Å². The van der Waals surface area contributed by atoms with Gasteiger partial charge in [0.1, 0.15) is 12.3 Å². The normalized spacial score (nSPS) is 10.9. The summed E-state index contributed by atoms with van der Waals surface area (Å²) in [5.41, 5.74) is 2.62. The third-order valence-electron chi connectivity index (χ3n) is 3.81. The average Bonchev–Trinajstić information content (AvgIpc) is 2.51. The van der Waals surface area contributed by atoms with E-state index < -0.39 is 0 Å². The van der Waals surface area contributed by atoms with E-state index in [1.165, 1.54) is 4.90 Å². The smallest absolute Gasteiger partial charge is 0.198 e. The molecule has 0 saturated heterocycles. The lowest BCUT2D eigenvalue weighted by molar-refractivity contribution is -0.902. The highest BCUT2D eigenvalue weighted by Gasteiger charge is 2.15. The molecule has 2 N–H and O–H groups in total. The number of ether oxygens (including phenoxy) is 1. The Labute approximate surface area is 130 Å². The number of quaternary nitrogens is 1. The number of benzene rings is 1. The Bertz CT molecular complexity index is 737. The molecule has 4 heteroatoms. The van der Waals surface area contributed by atoms with Crippen LogP contribution in [0, 0.1) is 6.92 Å². The molecule has 0 bridgehead atoms. The van der Waals surface area contributed by atoms with Crippen molar-refractivity contribution >= 4 is 10.9 Å². The molecular formula is C18H23N2O2+. The van der Waals surface area contributed by atoms with Gasteiger partial charge in [-0.05, 0) is 37.3 Å². The van der Waals surface area contributed by atoms with Crippen molar-refractivity contribution in [1.82, 2.24) is 4.98 Å². The number of methoxy groups -OCH3 is 1. The number of hydrogen-bond donors (Lipinski definition) is 2. The van der Waals surface area contributed by atoms with E-state index in [-0.39, 0.29) is 5.43 Å². The molecule has 0 saturated carbocycles. The molecule has 2 rings (SSSR count). The van der Waals surface area contributed by atoms with Gasteiger partial charge in [-0.15, -0.1) is 0 Å². The summed E-state index contributed by atoms with van der Waals surface area (Å²) in [5.74, 6) is 0.689. The van der Waals surface area contributed by atoms with Crippen LogP contribution in [0.4, 0.5) is 0 Å². The van der Waals surface area contributed by atoms with Crippen LogP contribution in [0.5, 0.6) is 5.75 Å². The maximum atomic E-state index is 12.8. The fraction of sp³-hybridized carbons (Fsp3) is 0.278. The number of hydrogen-bond acceptors (Lipinski definition) is 2. The number of nitrogens with one attached hydrogen (secondary N) is 2. The molecule has 0 radical (unpaired) electrons. The molecule has 1 aromatic heterocycles. The zero-order valence-corrected chi connectivity index (χ0v) is 13.2. The van der Waals surface area contributed by atoms with Gasteiger partial charge in [0.15, 0.2) is 5.43 Å². The minimum atomic E-state index is 0.0655. The number of aromatic nitrogens is 1. The van der Waals surface area contributed by atoms with E-state index in [1.54, 1.807) is 13.2 Å². The maximum Gasteiger partial charge on any atom is 0.198 e. The number of aromatic amines is 1. The molecule has 1 heterocycles. The standard InChI is InChI=1S/C18H22N2O2/c1-5-9-20(10-6-2)12-16-13(3)19-17-8-7-14(22-4)11-15(17)18(16)21/h5-8,11H,1-2,9-10,12H2,3-4H3,(H,19,21)/p+1. The van der Waals surface area contributed by atoms with E-state index in [4.69, 9.17) is 4.74 Å². The summed E-state index contributed by atoms with van der Waals surface area (Å²) in [6, 6.07) is 5.52. The summed E-state index contributed by atoms with van der Waals surface area (Å²) in [5, 5.41) is 0.663. The van der Waals surface area contributed by atoms with Gasteiger partial charge in [-0.1, -0.05) is 13.2 Å². The van der Waals surface area contributed by atoms with Crippen LogP contribution in [0.1, 0.15) is 11.3 Å². The van der Waals surface area contributed by atoms with Crippen LogP contribution < -0.4 is 15.1 Å². The molecular weight excluding hydrogens is 276 g/mol. The molecule has 0 unspecified atom stereocenters. The zero-order chi connectivity index (χ0) is 16.1. The second-order valence-electron chi connectivity index (χ2n) is 5.38. The lowest BCUT2D eigenvalue weighted by atomic mass is 10.1. The minimum absolute atomic E-state index is 0.0655. The van der Waals surface area contributed by atoms with Crippen LogP contribution in [0.3, 0.4) is 0 Å². The third-order valence-corrected chi connectivity index (χ3v) is 3.81. The molecule has 0 spiro atoms. The quantitative estimate of drug-likeness (QED) is 0.763. The first kappa shape index (κ1) is 16.0. The summed E-state index contributed by atoms with van der Waals surface area (Å²) >= 11 is 0. The Kier molecular flexibility index (Phi) is 5.17.